The number of esters is 1. The zero-order valence-electron chi connectivity index (χ0n) is 17.3. The van der Waals surface area contributed by atoms with Crippen LogP contribution in [-0.4, -0.2) is 46.5 Å². The molecule has 0 fully saturated rings. The fourth-order valence-electron chi connectivity index (χ4n) is 2.92. The van der Waals surface area contributed by atoms with Gasteiger partial charge in [0.15, 0.2) is 0 Å². The maximum atomic E-state index is 12.3. The molecule has 0 saturated carbocycles. The molecule has 1 aromatic heterocycles. The molecule has 0 aliphatic carbocycles. The van der Waals surface area contributed by atoms with Crippen molar-refractivity contribution in [1.29, 1.82) is 0 Å². The van der Waals surface area contributed by atoms with Gasteiger partial charge in [0.2, 0.25) is 0 Å². The molecule has 0 radical (unpaired) electrons. The van der Waals surface area contributed by atoms with Crippen LogP contribution in [0, 0.1) is 0 Å². The van der Waals surface area contributed by atoms with Crippen LogP contribution in [0.1, 0.15) is 36.7 Å². The first kappa shape index (κ1) is 20.4. The van der Waals surface area contributed by atoms with E-state index in [4.69, 9.17) is 9.47 Å². The molecule has 3 rings (SSSR count). The molecule has 2 aromatic carbocycles. The van der Waals surface area contributed by atoms with E-state index >= 15 is 0 Å². The third-order valence-electron chi connectivity index (χ3n) is 4.28. The lowest BCUT2D eigenvalue weighted by Crippen LogP contribution is -2.34. The van der Waals surface area contributed by atoms with E-state index in [1.807, 2.05) is 51.2 Å². The number of benzene rings is 2. The van der Waals surface area contributed by atoms with Crippen molar-refractivity contribution in [1.82, 2.24) is 14.7 Å². The van der Waals surface area contributed by atoms with Gasteiger partial charge < -0.3 is 14.4 Å². The van der Waals surface area contributed by atoms with Gasteiger partial charge in [0, 0.05) is 18.6 Å². The molecule has 0 N–H and O–H groups in total. The summed E-state index contributed by atoms with van der Waals surface area (Å²) in [5.74, 6) is -0.390. The predicted octanol–water partition coefficient (Wildman–Crippen LogP) is 4.18. The van der Waals surface area contributed by atoms with Crippen LogP contribution in [0.2, 0.25) is 0 Å². The van der Waals surface area contributed by atoms with Crippen molar-refractivity contribution in [2.75, 3.05) is 14.2 Å². The van der Waals surface area contributed by atoms with Crippen LogP contribution in [-0.2, 0) is 16.0 Å². The molecular weight excluding hydrogens is 370 g/mol. The normalized spacial score (nSPS) is 11.3. The second kappa shape index (κ2) is 7.95. The Labute approximate surface area is 169 Å². The number of methoxy groups -OCH3 is 1. The number of carbonyl (C=O) groups is 2. The molecule has 0 unspecified atom stereocenters. The van der Waals surface area contributed by atoms with Crippen LogP contribution in [0.5, 0.6) is 0 Å². The number of hydrogen-bond donors (Lipinski definition) is 0. The summed E-state index contributed by atoms with van der Waals surface area (Å²) >= 11 is 0. The Morgan fingerprint density at radius 3 is 2.55 bits per heavy atom. The lowest BCUT2D eigenvalue weighted by Gasteiger charge is -2.25. The molecule has 0 bridgehead atoms. The quantitative estimate of drug-likeness (QED) is 0.620. The topological polar surface area (TPSA) is 73.7 Å². The van der Waals surface area contributed by atoms with Crippen molar-refractivity contribution in [2.45, 2.75) is 32.9 Å². The number of ether oxygens (including phenoxy) is 2. The number of fused-ring (bicyclic) bond motifs is 1. The minimum atomic E-state index is -0.554. The van der Waals surface area contributed by atoms with Crippen LogP contribution in [0.3, 0.4) is 0 Å². The van der Waals surface area contributed by atoms with E-state index in [1.54, 1.807) is 29.9 Å². The highest BCUT2D eigenvalue weighted by molar-refractivity contribution is 5.94. The van der Waals surface area contributed by atoms with Crippen LogP contribution < -0.4 is 0 Å². The summed E-state index contributed by atoms with van der Waals surface area (Å²) in [6, 6.07) is 12.9. The first-order valence-corrected chi connectivity index (χ1v) is 9.28. The monoisotopic (exact) mass is 395 g/mol. The molecule has 7 heteroatoms. The number of amides is 1. The predicted molar refractivity (Wildman–Crippen MR) is 110 cm³/mol. The zero-order valence-corrected chi connectivity index (χ0v) is 17.3. The van der Waals surface area contributed by atoms with E-state index in [0.29, 0.717) is 12.1 Å². The maximum absolute atomic E-state index is 12.3. The largest absolute Gasteiger partial charge is 0.465 e. The van der Waals surface area contributed by atoms with Gasteiger partial charge in [0.25, 0.3) is 0 Å². The Balaban J connectivity index is 1.90. The number of aromatic nitrogens is 2. The van der Waals surface area contributed by atoms with Gasteiger partial charge in [-0.15, -0.1) is 0 Å². The molecule has 0 atom stereocenters. The molecule has 0 aliphatic rings. The smallest absolute Gasteiger partial charge is 0.410 e. The molecule has 1 heterocycles. The van der Waals surface area contributed by atoms with E-state index in [0.717, 1.165) is 22.2 Å². The Hall–Kier alpha value is -3.35. The molecule has 3 aromatic rings. The van der Waals surface area contributed by atoms with Gasteiger partial charge in [-0.25, -0.2) is 14.3 Å². The van der Waals surface area contributed by atoms with E-state index in [2.05, 4.69) is 5.10 Å². The van der Waals surface area contributed by atoms with Gasteiger partial charge in [0.1, 0.15) is 5.60 Å². The van der Waals surface area contributed by atoms with E-state index in [1.165, 1.54) is 12.0 Å². The first-order valence-electron chi connectivity index (χ1n) is 9.28. The molecule has 7 nitrogen and oxygen atoms in total. The maximum Gasteiger partial charge on any atom is 0.410 e. The zero-order chi connectivity index (χ0) is 21.2. The van der Waals surface area contributed by atoms with Crippen molar-refractivity contribution in [3.05, 3.63) is 59.8 Å². The summed E-state index contributed by atoms with van der Waals surface area (Å²) in [4.78, 5) is 25.6. The van der Waals surface area contributed by atoms with Gasteiger partial charge in [-0.05, 0) is 50.6 Å². The fraction of sp³-hybridized carbons (Fsp3) is 0.318. The molecule has 0 aliphatic heterocycles. The summed E-state index contributed by atoms with van der Waals surface area (Å²) in [6.45, 7) is 5.88. The summed E-state index contributed by atoms with van der Waals surface area (Å²) in [5.41, 5.74) is 2.44. The van der Waals surface area contributed by atoms with Gasteiger partial charge in [-0.3, -0.25) is 0 Å². The van der Waals surface area contributed by atoms with E-state index in [9.17, 15) is 9.59 Å². The minimum absolute atomic E-state index is 0.370. The van der Waals surface area contributed by atoms with Gasteiger partial charge >= 0.3 is 12.1 Å². The average molecular weight is 395 g/mol. The second-order valence-electron chi connectivity index (χ2n) is 7.80. The highest BCUT2D eigenvalue weighted by atomic mass is 16.6. The summed E-state index contributed by atoms with van der Waals surface area (Å²) in [5, 5.41) is 5.43. The molecule has 29 heavy (non-hydrogen) atoms. The molecule has 0 saturated heterocycles. The lowest BCUT2D eigenvalue weighted by atomic mass is 10.1. The number of hydrogen-bond acceptors (Lipinski definition) is 5. The summed E-state index contributed by atoms with van der Waals surface area (Å²) in [7, 11) is 3.06. The highest BCUT2D eigenvalue weighted by Crippen LogP contribution is 2.21. The Morgan fingerprint density at radius 2 is 1.86 bits per heavy atom. The second-order valence-corrected chi connectivity index (χ2v) is 7.80. The van der Waals surface area contributed by atoms with Crippen molar-refractivity contribution in [3.8, 4) is 5.69 Å². The molecule has 152 valence electrons. The fourth-order valence-corrected chi connectivity index (χ4v) is 2.92. The third-order valence-corrected chi connectivity index (χ3v) is 4.28. The average Bonchev–Trinajstić information content (AvgIpc) is 3.09. The number of para-hydroxylation sites is 1. The number of nitrogens with zero attached hydrogens (tertiary/aromatic N) is 3. The van der Waals surface area contributed by atoms with Crippen molar-refractivity contribution in [2.24, 2.45) is 0 Å². The first-order chi connectivity index (χ1) is 13.7. The molecule has 1 amide bonds. The van der Waals surface area contributed by atoms with Gasteiger partial charge in [-0.1, -0.05) is 18.2 Å². The van der Waals surface area contributed by atoms with Crippen molar-refractivity contribution in [3.63, 3.8) is 0 Å². The third kappa shape index (κ3) is 4.74. The van der Waals surface area contributed by atoms with Crippen molar-refractivity contribution >= 4 is 23.0 Å². The Kier molecular flexibility index (Phi) is 5.59. The Bertz CT molecular complexity index is 1050. The standard InChI is InChI=1S/C22H25N3O4/c1-22(2,3)29-21(27)24(4)13-16-8-6-7-9-19(16)25-14-17-12-15(20(26)28-5)10-11-18(17)23-25/h6-12,14H,13H2,1-5H3. The van der Waals surface area contributed by atoms with Gasteiger partial charge in [-0.2, -0.15) is 5.10 Å². The van der Waals surface area contributed by atoms with Gasteiger partial charge in [0.05, 0.1) is 30.4 Å². The van der Waals surface area contributed by atoms with E-state index < -0.39 is 5.60 Å². The van der Waals surface area contributed by atoms with Crippen LogP contribution in [0.25, 0.3) is 16.6 Å². The summed E-state index contributed by atoms with van der Waals surface area (Å²) < 4.78 is 12.0. The van der Waals surface area contributed by atoms with Crippen molar-refractivity contribution < 1.29 is 19.1 Å². The number of rotatable bonds is 4. The van der Waals surface area contributed by atoms with E-state index in [-0.39, 0.29) is 12.1 Å². The number of carbonyl (C=O) groups excluding carboxylic acids is 2. The molecular formula is C22H25N3O4. The highest BCUT2D eigenvalue weighted by Gasteiger charge is 2.20. The Morgan fingerprint density at radius 1 is 1.14 bits per heavy atom. The minimum Gasteiger partial charge on any atom is -0.465 e. The van der Waals surface area contributed by atoms with Crippen LogP contribution in [0.15, 0.2) is 48.7 Å². The summed E-state index contributed by atoms with van der Waals surface area (Å²) in [6.07, 6.45) is 1.47. The SMILES string of the molecule is COC(=O)c1ccc2nn(-c3ccccc3CN(C)C(=O)OC(C)(C)C)cc2c1. The van der Waals surface area contributed by atoms with Crippen LogP contribution in [0.4, 0.5) is 4.79 Å². The van der Waals surface area contributed by atoms with Crippen LogP contribution >= 0.6 is 0 Å². The lowest BCUT2D eigenvalue weighted by molar-refractivity contribution is 0.0285. The molecule has 0 spiro atoms.